The van der Waals surface area contributed by atoms with Gasteiger partial charge < -0.3 is 16.0 Å². The first-order valence-electron chi connectivity index (χ1n) is 5.71. The van der Waals surface area contributed by atoms with E-state index in [1.54, 1.807) is 6.92 Å². The van der Waals surface area contributed by atoms with Crippen molar-refractivity contribution in [3.8, 4) is 0 Å². The number of carbonyl (C=O) groups excluding carboxylic acids is 2. The monoisotopic (exact) mass is 271 g/mol. The molecule has 0 aromatic heterocycles. The molecule has 19 heavy (non-hydrogen) atoms. The lowest BCUT2D eigenvalue weighted by Crippen LogP contribution is -2.35. The first-order valence-corrected chi connectivity index (χ1v) is 5.71. The maximum absolute atomic E-state index is 13.6. The fourth-order valence-corrected chi connectivity index (χ4v) is 1.40. The van der Waals surface area contributed by atoms with E-state index in [1.807, 2.05) is 0 Å². The zero-order valence-electron chi connectivity index (χ0n) is 10.6. The molecule has 0 saturated carbocycles. The van der Waals surface area contributed by atoms with Crippen LogP contribution < -0.4 is 16.0 Å². The fourth-order valence-electron chi connectivity index (χ4n) is 1.40. The molecule has 104 valence electrons. The van der Waals surface area contributed by atoms with Gasteiger partial charge in [-0.05, 0) is 19.1 Å². The molecule has 0 heterocycles. The predicted molar refractivity (Wildman–Crippen MR) is 66.9 cm³/mol. The Balaban J connectivity index is 2.84. The number of benzene rings is 1. The normalized spacial score (nSPS) is 9.89. The SMILES string of the molecule is CCNc1c(F)cc(C(=O)NCC(=O)NC)cc1F. The van der Waals surface area contributed by atoms with Gasteiger partial charge in [0.2, 0.25) is 5.91 Å². The molecular formula is C12H15F2N3O2. The van der Waals surface area contributed by atoms with E-state index in [4.69, 9.17) is 0 Å². The minimum Gasteiger partial charge on any atom is -0.381 e. The van der Waals surface area contributed by atoms with Gasteiger partial charge in [0, 0.05) is 19.2 Å². The van der Waals surface area contributed by atoms with Crippen molar-refractivity contribution >= 4 is 17.5 Å². The van der Waals surface area contributed by atoms with Gasteiger partial charge in [0.15, 0.2) is 0 Å². The Bertz CT molecular complexity index is 469. The number of carbonyl (C=O) groups is 2. The average molecular weight is 271 g/mol. The van der Waals surface area contributed by atoms with Gasteiger partial charge in [-0.1, -0.05) is 0 Å². The van der Waals surface area contributed by atoms with Crippen LogP contribution in [0.2, 0.25) is 0 Å². The molecule has 0 atom stereocenters. The molecule has 7 heteroatoms. The highest BCUT2D eigenvalue weighted by molar-refractivity contribution is 5.96. The Morgan fingerprint density at radius 2 is 1.79 bits per heavy atom. The van der Waals surface area contributed by atoms with Crippen molar-refractivity contribution in [2.75, 3.05) is 25.5 Å². The number of rotatable bonds is 5. The van der Waals surface area contributed by atoms with E-state index in [2.05, 4.69) is 16.0 Å². The van der Waals surface area contributed by atoms with Crippen LogP contribution in [-0.2, 0) is 4.79 Å². The standard InChI is InChI=1S/C12H15F2N3O2/c1-3-16-11-8(13)4-7(5-9(11)14)12(19)17-6-10(18)15-2/h4-5,16H,3,6H2,1-2H3,(H,15,18)(H,17,19). The third-order valence-electron chi connectivity index (χ3n) is 2.35. The predicted octanol–water partition coefficient (Wildman–Crippen LogP) is 0.872. The maximum Gasteiger partial charge on any atom is 0.251 e. The molecule has 1 rings (SSSR count). The molecule has 0 fully saturated rings. The Morgan fingerprint density at radius 3 is 2.26 bits per heavy atom. The number of likely N-dealkylation sites (N-methyl/N-ethyl adjacent to an activating group) is 1. The summed E-state index contributed by atoms with van der Waals surface area (Å²) in [6.07, 6.45) is 0. The van der Waals surface area contributed by atoms with Gasteiger partial charge in [0.1, 0.15) is 17.3 Å². The van der Waals surface area contributed by atoms with Gasteiger partial charge in [-0.25, -0.2) is 8.78 Å². The number of hydrogen-bond donors (Lipinski definition) is 3. The molecule has 5 nitrogen and oxygen atoms in total. The molecule has 0 aliphatic carbocycles. The van der Waals surface area contributed by atoms with Crippen molar-refractivity contribution < 1.29 is 18.4 Å². The molecule has 0 saturated heterocycles. The minimum absolute atomic E-state index is 0.180. The first kappa shape index (κ1) is 14.9. The minimum atomic E-state index is -0.855. The van der Waals surface area contributed by atoms with Crippen LogP contribution in [0.5, 0.6) is 0 Å². The first-order chi connectivity index (χ1) is 8.99. The Morgan fingerprint density at radius 1 is 1.21 bits per heavy atom. The van der Waals surface area contributed by atoms with E-state index in [0.717, 1.165) is 12.1 Å². The second kappa shape index (κ2) is 6.67. The van der Waals surface area contributed by atoms with Gasteiger partial charge in [-0.15, -0.1) is 0 Å². The number of hydrogen-bond acceptors (Lipinski definition) is 3. The van der Waals surface area contributed by atoms with Gasteiger partial charge in [0.05, 0.1) is 6.54 Å². The summed E-state index contributed by atoms with van der Waals surface area (Å²) in [7, 11) is 1.42. The largest absolute Gasteiger partial charge is 0.381 e. The quantitative estimate of drug-likeness (QED) is 0.744. The zero-order valence-corrected chi connectivity index (χ0v) is 10.6. The second-order valence-electron chi connectivity index (χ2n) is 3.70. The summed E-state index contributed by atoms with van der Waals surface area (Å²) < 4.78 is 27.1. The molecule has 2 amide bonds. The van der Waals surface area contributed by atoms with E-state index >= 15 is 0 Å². The molecule has 1 aromatic carbocycles. The number of nitrogens with one attached hydrogen (secondary N) is 3. The van der Waals surface area contributed by atoms with Crippen LogP contribution in [0.15, 0.2) is 12.1 Å². The van der Waals surface area contributed by atoms with Crippen LogP contribution in [0.3, 0.4) is 0 Å². The molecule has 0 unspecified atom stereocenters. The lowest BCUT2D eigenvalue weighted by Gasteiger charge is -2.09. The number of halogens is 2. The smallest absolute Gasteiger partial charge is 0.251 e. The van der Waals surface area contributed by atoms with E-state index in [1.165, 1.54) is 7.05 Å². The van der Waals surface area contributed by atoms with Crippen molar-refractivity contribution in [1.82, 2.24) is 10.6 Å². The fraction of sp³-hybridized carbons (Fsp3) is 0.333. The lowest BCUT2D eigenvalue weighted by molar-refractivity contribution is -0.119. The van der Waals surface area contributed by atoms with Crippen molar-refractivity contribution in [3.63, 3.8) is 0 Å². The molecule has 0 radical (unpaired) electrons. The van der Waals surface area contributed by atoms with E-state index in [0.29, 0.717) is 6.54 Å². The molecular weight excluding hydrogens is 256 g/mol. The summed E-state index contributed by atoms with van der Waals surface area (Å²) in [6, 6.07) is 1.83. The Labute approximate surface area is 109 Å². The van der Waals surface area contributed by atoms with Crippen LogP contribution in [0.1, 0.15) is 17.3 Å². The van der Waals surface area contributed by atoms with E-state index in [9.17, 15) is 18.4 Å². The van der Waals surface area contributed by atoms with Gasteiger partial charge in [-0.2, -0.15) is 0 Å². The summed E-state index contributed by atoms with van der Waals surface area (Å²) in [5, 5.41) is 7.08. The number of anilines is 1. The Kier molecular flexibility index (Phi) is 5.23. The summed E-state index contributed by atoms with van der Waals surface area (Å²) in [4.78, 5) is 22.5. The summed E-state index contributed by atoms with van der Waals surface area (Å²) >= 11 is 0. The third kappa shape index (κ3) is 3.90. The van der Waals surface area contributed by atoms with E-state index < -0.39 is 23.4 Å². The molecule has 1 aromatic rings. The van der Waals surface area contributed by atoms with E-state index in [-0.39, 0.29) is 17.8 Å². The van der Waals surface area contributed by atoms with Crippen LogP contribution in [0, 0.1) is 11.6 Å². The van der Waals surface area contributed by atoms with Crippen LogP contribution in [0.4, 0.5) is 14.5 Å². The van der Waals surface area contributed by atoms with Crippen molar-refractivity contribution in [1.29, 1.82) is 0 Å². The van der Waals surface area contributed by atoms with Crippen LogP contribution in [-0.4, -0.2) is 32.0 Å². The molecule has 0 spiro atoms. The summed E-state index contributed by atoms with van der Waals surface area (Å²) in [5.41, 5.74) is -0.453. The highest BCUT2D eigenvalue weighted by atomic mass is 19.1. The van der Waals surface area contributed by atoms with Crippen LogP contribution >= 0.6 is 0 Å². The topological polar surface area (TPSA) is 70.2 Å². The lowest BCUT2D eigenvalue weighted by atomic mass is 10.1. The highest BCUT2D eigenvalue weighted by Gasteiger charge is 2.15. The van der Waals surface area contributed by atoms with Gasteiger partial charge in [0.25, 0.3) is 5.91 Å². The molecule has 0 bridgehead atoms. The Hall–Kier alpha value is -2.18. The van der Waals surface area contributed by atoms with Crippen LogP contribution in [0.25, 0.3) is 0 Å². The average Bonchev–Trinajstić information content (AvgIpc) is 2.39. The zero-order chi connectivity index (χ0) is 14.4. The third-order valence-corrected chi connectivity index (χ3v) is 2.35. The van der Waals surface area contributed by atoms with Gasteiger partial charge in [-0.3, -0.25) is 9.59 Å². The van der Waals surface area contributed by atoms with Gasteiger partial charge >= 0.3 is 0 Å². The second-order valence-corrected chi connectivity index (χ2v) is 3.70. The molecule has 3 N–H and O–H groups in total. The summed E-state index contributed by atoms with van der Waals surface area (Å²) in [6.45, 7) is 1.80. The highest BCUT2D eigenvalue weighted by Crippen LogP contribution is 2.20. The van der Waals surface area contributed by atoms with Crippen molar-refractivity contribution in [2.24, 2.45) is 0 Å². The van der Waals surface area contributed by atoms with Crippen molar-refractivity contribution in [3.05, 3.63) is 29.3 Å². The van der Waals surface area contributed by atoms with Crippen molar-refractivity contribution in [2.45, 2.75) is 6.92 Å². The summed E-state index contributed by atoms with van der Waals surface area (Å²) in [5.74, 6) is -2.83. The maximum atomic E-state index is 13.6. The molecule has 0 aliphatic heterocycles. The number of amides is 2. The molecule has 0 aliphatic rings.